The first-order valence-corrected chi connectivity index (χ1v) is 8.39. The van der Waals surface area contributed by atoms with Crippen LogP contribution in [0, 0.1) is 16.0 Å². The van der Waals surface area contributed by atoms with Gasteiger partial charge in [-0.2, -0.15) is 0 Å². The summed E-state index contributed by atoms with van der Waals surface area (Å²) in [5.74, 6) is 0.121. The van der Waals surface area contributed by atoms with Gasteiger partial charge in [0.15, 0.2) is 0 Å². The van der Waals surface area contributed by atoms with Gasteiger partial charge in [0.1, 0.15) is 0 Å². The average molecular weight is 331 g/mol. The Morgan fingerprint density at radius 1 is 0.958 bits per heavy atom. The van der Waals surface area contributed by atoms with Crippen molar-refractivity contribution >= 4 is 17.5 Å². The maximum Gasteiger partial charge on any atom is 0.269 e. The van der Waals surface area contributed by atoms with Crippen LogP contribution in [-0.4, -0.2) is 52.7 Å². The smallest absolute Gasteiger partial charge is 0.269 e. The van der Waals surface area contributed by atoms with E-state index in [2.05, 4.69) is 0 Å². The molecule has 0 bridgehead atoms. The Morgan fingerprint density at radius 2 is 1.54 bits per heavy atom. The summed E-state index contributed by atoms with van der Waals surface area (Å²) < 4.78 is 0. The molecular formula is C17H21N3O4. The molecule has 0 radical (unpaired) electrons. The third-order valence-corrected chi connectivity index (χ3v) is 4.87. The molecule has 7 nitrogen and oxygen atoms in total. The Hall–Kier alpha value is -2.44. The van der Waals surface area contributed by atoms with Crippen LogP contribution >= 0.6 is 0 Å². The molecule has 0 N–H and O–H groups in total. The Morgan fingerprint density at radius 3 is 2.08 bits per heavy atom. The van der Waals surface area contributed by atoms with Gasteiger partial charge in [0.05, 0.1) is 4.92 Å². The molecule has 2 fully saturated rings. The van der Waals surface area contributed by atoms with E-state index in [0.717, 1.165) is 25.9 Å². The van der Waals surface area contributed by atoms with Gasteiger partial charge in [-0.1, -0.05) is 0 Å². The Kier molecular flexibility index (Phi) is 4.78. The SMILES string of the molecule is O=C(c1ccc([N+](=O)[O-])cc1)N1CCC(C(=O)N2CCCC2)CC1. The molecule has 7 heteroatoms. The van der Waals surface area contributed by atoms with Gasteiger partial charge >= 0.3 is 0 Å². The first kappa shape index (κ1) is 16.4. The van der Waals surface area contributed by atoms with Gasteiger partial charge in [-0.15, -0.1) is 0 Å². The molecule has 3 rings (SSSR count). The lowest BCUT2D eigenvalue weighted by Crippen LogP contribution is -2.43. The van der Waals surface area contributed by atoms with E-state index in [-0.39, 0.29) is 23.4 Å². The highest BCUT2D eigenvalue weighted by Crippen LogP contribution is 2.23. The van der Waals surface area contributed by atoms with Crippen LogP contribution in [-0.2, 0) is 4.79 Å². The molecule has 2 heterocycles. The summed E-state index contributed by atoms with van der Waals surface area (Å²) in [6.07, 6.45) is 3.55. The predicted octanol–water partition coefficient (Wildman–Crippen LogP) is 2.07. The molecule has 2 saturated heterocycles. The summed E-state index contributed by atoms with van der Waals surface area (Å²) in [4.78, 5) is 38.7. The van der Waals surface area contributed by atoms with Gasteiger partial charge < -0.3 is 9.80 Å². The van der Waals surface area contributed by atoms with Crippen molar-refractivity contribution in [3.63, 3.8) is 0 Å². The van der Waals surface area contributed by atoms with Crippen molar-refractivity contribution in [2.75, 3.05) is 26.2 Å². The molecule has 24 heavy (non-hydrogen) atoms. The van der Waals surface area contributed by atoms with Crippen LogP contribution in [0.25, 0.3) is 0 Å². The summed E-state index contributed by atoms with van der Waals surface area (Å²) in [6.45, 7) is 2.84. The number of amides is 2. The predicted molar refractivity (Wildman–Crippen MR) is 87.5 cm³/mol. The van der Waals surface area contributed by atoms with E-state index in [9.17, 15) is 19.7 Å². The number of hydrogen-bond acceptors (Lipinski definition) is 4. The Labute approximate surface area is 140 Å². The van der Waals surface area contributed by atoms with Gasteiger partial charge in [-0.25, -0.2) is 0 Å². The number of nitro benzene ring substituents is 1. The van der Waals surface area contributed by atoms with Crippen LogP contribution < -0.4 is 0 Å². The van der Waals surface area contributed by atoms with E-state index in [1.807, 2.05) is 4.90 Å². The molecule has 0 aliphatic carbocycles. The Balaban J connectivity index is 1.56. The number of carbonyl (C=O) groups excluding carboxylic acids is 2. The third-order valence-electron chi connectivity index (χ3n) is 4.87. The lowest BCUT2D eigenvalue weighted by Gasteiger charge is -2.33. The third kappa shape index (κ3) is 3.39. The summed E-state index contributed by atoms with van der Waals surface area (Å²) in [7, 11) is 0. The van der Waals surface area contributed by atoms with Gasteiger partial charge in [0, 0.05) is 49.8 Å². The Bertz CT molecular complexity index is 630. The van der Waals surface area contributed by atoms with Crippen LogP contribution in [0.1, 0.15) is 36.0 Å². The zero-order chi connectivity index (χ0) is 17.1. The number of piperidine rings is 1. The molecular weight excluding hydrogens is 310 g/mol. The monoisotopic (exact) mass is 331 g/mol. The number of nitro groups is 1. The molecule has 2 amide bonds. The summed E-state index contributed by atoms with van der Waals surface area (Å²) in [5, 5.41) is 10.7. The fourth-order valence-corrected chi connectivity index (χ4v) is 3.43. The first-order chi connectivity index (χ1) is 11.6. The second kappa shape index (κ2) is 6.98. The zero-order valence-corrected chi connectivity index (χ0v) is 13.5. The van der Waals surface area contributed by atoms with Crippen LogP contribution in [0.4, 0.5) is 5.69 Å². The summed E-state index contributed by atoms with van der Waals surface area (Å²) >= 11 is 0. The van der Waals surface area contributed by atoms with Crippen LogP contribution in [0.2, 0.25) is 0 Å². The molecule has 0 atom stereocenters. The number of benzene rings is 1. The fourth-order valence-electron chi connectivity index (χ4n) is 3.43. The van der Waals surface area contributed by atoms with Crippen LogP contribution in [0.15, 0.2) is 24.3 Å². The van der Waals surface area contributed by atoms with Gasteiger partial charge in [-0.3, -0.25) is 19.7 Å². The number of hydrogen-bond donors (Lipinski definition) is 0. The van der Waals surface area contributed by atoms with E-state index in [4.69, 9.17) is 0 Å². The molecule has 0 saturated carbocycles. The quantitative estimate of drug-likeness (QED) is 0.627. The van der Waals surface area contributed by atoms with Crippen LogP contribution in [0.5, 0.6) is 0 Å². The highest BCUT2D eigenvalue weighted by molar-refractivity contribution is 5.94. The summed E-state index contributed by atoms with van der Waals surface area (Å²) in [6, 6.07) is 5.66. The lowest BCUT2D eigenvalue weighted by molar-refractivity contribution is -0.384. The molecule has 1 aromatic carbocycles. The van der Waals surface area contributed by atoms with Crippen LogP contribution in [0.3, 0.4) is 0 Å². The largest absolute Gasteiger partial charge is 0.342 e. The van der Waals surface area contributed by atoms with Crippen molar-refractivity contribution < 1.29 is 14.5 Å². The van der Waals surface area contributed by atoms with Crippen molar-refractivity contribution in [3.05, 3.63) is 39.9 Å². The zero-order valence-electron chi connectivity index (χ0n) is 13.5. The van der Waals surface area contributed by atoms with Gasteiger partial charge in [0.2, 0.25) is 5.91 Å². The molecule has 128 valence electrons. The minimum Gasteiger partial charge on any atom is -0.342 e. The van der Waals surface area contributed by atoms with Crippen molar-refractivity contribution in [2.24, 2.45) is 5.92 Å². The fraction of sp³-hybridized carbons (Fsp3) is 0.529. The van der Waals surface area contributed by atoms with E-state index in [1.54, 1.807) is 4.90 Å². The highest BCUT2D eigenvalue weighted by atomic mass is 16.6. The van der Waals surface area contributed by atoms with Crippen molar-refractivity contribution in [3.8, 4) is 0 Å². The van der Waals surface area contributed by atoms with E-state index in [0.29, 0.717) is 31.5 Å². The number of likely N-dealkylation sites (tertiary alicyclic amines) is 2. The first-order valence-electron chi connectivity index (χ1n) is 8.39. The second-order valence-corrected chi connectivity index (χ2v) is 6.40. The molecule has 0 spiro atoms. The minimum absolute atomic E-state index is 0.0176. The number of nitrogens with zero attached hydrogens (tertiary/aromatic N) is 3. The van der Waals surface area contributed by atoms with E-state index < -0.39 is 4.92 Å². The molecule has 1 aromatic rings. The molecule has 2 aliphatic rings. The van der Waals surface area contributed by atoms with Gasteiger partial charge in [0.25, 0.3) is 11.6 Å². The van der Waals surface area contributed by atoms with E-state index in [1.165, 1.54) is 24.3 Å². The number of carbonyl (C=O) groups is 2. The maximum absolute atomic E-state index is 12.5. The maximum atomic E-state index is 12.5. The average Bonchev–Trinajstić information content (AvgIpc) is 3.15. The normalized spacial score (nSPS) is 18.7. The molecule has 0 unspecified atom stereocenters. The molecule has 2 aliphatic heterocycles. The standard InChI is InChI=1S/C17H21N3O4/c21-16(13-3-5-15(6-4-13)20(23)24)19-11-7-14(8-12-19)17(22)18-9-1-2-10-18/h3-6,14H,1-2,7-12H2. The van der Waals surface area contributed by atoms with Gasteiger partial charge in [-0.05, 0) is 37.8 Å². The highest BCUT2D eigenvalue weighted by Gasteiger charge is 2.31. The topological polar surface area (TPSA) is 83.8 Å². The number of rotatable bonds is 3. The number of non-ortho nitro benzene ring substituents is 1. The second-order valence-electron chi connectivity index (χ2n) is 6.40. The van der Waals surface area contributed by atoms with Crippen molar-refractivity contribution in [1.29, 1.82) is 0 Å². The van der Waals surface area contributed by atoms with E-state index >= 15 is 0 Å². The van der Waals surface area contributed by atoms with Crippen molar-refractivity contribution in [2.45, 2.75) is 25.7 Å². The summed E-state index contributed by atoms with van der Waals surface area (Å²) in [5.41, 5.74) is 0.423. The lowest BCUT2D eigenvalue weighted by atomic mass is 9.95. The molecule has 0 aromatic heterocycles. The van der Waals surface area contributed by atoms with Crippen molar-refractivity contribution in [1.82, 2.24) is 9.80 Å². The minimum atomic E-state index is -0.482.